The second kappa shape index (κ2) is 7.02. The van der Waals surface area contributed by atoms with E-state index in [0.717, 1.165) is 26.3 Å². The van der Waals surface area contributed by atoms with Crippen molar-refractivity contribution in [3.8, 4) is 10.6 Å². The number of hydrogen-bond donors (Lipinski definition) is 1. The molecule has 2 heterocycles. The van der Waals surface area contributed by atoms with Gasteiger partial charge in [-0.1, -0.05) is 30.3 Å². The molecule has 3 rings (SSSR count). The molecule has 0 saturated heterocycles. The number of benzene rings is 1. The Morgan fingerprint density at radius 2 is 2.09 bits per heavy atom. The minimum absolute atomic E-state index is 0.118. The van der Waals surface area contributed by atoms with Gasteiger partial charge in [-0.25, -0.2) is 9.97 Å². The molecule has 1 N–H and O–H groups in total. The third-order valence-electron chi connectivity index (χ3n) is 3.22. The van der Waals surface area contributed by atoms with E-state index in [9.17, 15) is 4.79 Å². The second-order valence-electron chi connectivity index (χ2n) is 5.05. The molecule has 0 bridgehead atoms. The Morgan fingerprint density at radius 1 is 1.30 bits per heavy atom. The van der Waals surface area contributed by atoms with E-state index in [1.807, 2.05) is 48.7 Å². The van der Waals surface area contributed by atoms with Crippen LogP contribution in [0.5, 0.6) is 0 Å². The number of carbonyl (C=O) groups is 1. The van der Waals surface area contributed by atoms with Crippen LogP contribution in [0.2, 0.25) is 0 Å². The highest BCUT2D eigenvalue weighted by Crippen LogP contribution is 2.23. The van der Waals surface area contributed by atoms with Gasteiger partial charge in [0, 0.05) is 21.6 Å². The fourth-order valence-corrected chi connectivity index (χ4v) is 3.39. The molecule has 1 amide bonds. The van der Waals surface area contributed by atoms with Gasteiger partial charge in [0.1, 0.15) is 10.8 Å². The Hall–Kier alpha value is -2.05. The van der Waals surface area contributed by atoms with Gasteiger partial charge in [-0.15, -0.1) is 11.3 Å². The predicted molar refractivity (Wildman–Crippen MR) is 96.6 cm³/mol. The van der Waals surface area contributed by atoms with Crippen LogP contribution in [0.4, 0.5) is 5.82 Å². The normalized spacial score (nSPS) is 10.5. The minimum Gasteiger partial charge on any atom is -0.310 e. The molecule has 0 aliphatic heterocycles. The molecule has 23 heavy (non-hydrogen) atoms. The average Bonchev–Trinajstić information content (AvgIpc) is 2.99. The lowest BCUT2D eigenvalue weighted by atomic mass is 10.2. The molecule has 0 atom stereocenters. The van der Waals surface area contributed by atoms with Crippen molar-refractivity contribution in [3.63, 3.8) is 0 Å². The third kappa shape index (κ3) is 4.03. The molecule has 0 fully saturated rings. The number of carbonyl (C=O) groups excluding carboxylic acids is 1. The number of anilines is 1. The zero-order chi connectivity index (χ0) is 16.2. The Balaban J connectivity index is 1.68. The van der Waals surface area contributed by atoms with Crippen molar-refractivity contribution in [2.24, 2.45) is 0 Å². The molecule has 1 aromatic carbocycles. The summed E-state index contributed by atoms with van der Waals surface area (Å²) in [5.74, 6) is 0.463. The summed E-state index contributed by atoms with van der Waals surface area (Å²) in [6.07, 6.45) is 1.90. The molecule has 0 aliphatic carbocycles. The molecular formula is C17H14BrN3OS. The van der Waals surface area contributed by atoms with E-state index < -0.39 is 0 Å². The number of aryl methyl sites for hydroxylation is 1. The van der Waals surface area contributed by atoms with Gasteiger partial charge in [0.2, 0.25) is 5.91 Å². The summed E-state index contributed by atoms with van der Waals surface area (Å²) in [5, 5.41) is 5.67. The average molecular weight is 388 g/mol. The highest BCUT2D eigenvalue weighted by atomic mass is 79.9. The second-order valence-corrected chi connectivity index (χ2v) is 6.83. The van der Waals surface area contributed by atoms with Gasteiger partial charge in [0.25, 0.3) is 0 Å². The van der Waals surface area contributed by atoms with Crippen molar-refractivity contribution >= 4 is 39.0 Å². The zero-order valence-electron chi connectivity index (χ0n) is 12.4. The van der Waals surface area contributed by atoms with Gasteiger partial charge in [0.15, 0.2) is 0 Å². The molecule has 0 radical (unpaired) electrons. The van der Waals surface area contributed by atoms with Crippen LogP contribution < -0.4 is 5.32 Å². The number of nitrogens with zero attached hydrogens (tertiary/aromatic N) is 2. The summed E-state index contributed by atoms with van der Waals surface area (Å²) < 4.78 is 0.889. The van der Waals surface area contributed by atoms with Crippen molar-refractivity contribution in [1.29, 1.82) is 0 Å². The van der Waals surface area contributed by atoms with E-state index in [2.05, 4.69) is 31.2 Å². The van der Waals surface area contributed by atoms with Gasteiger partial charge < -0.3 is 5.32 Å². The maximum absolute atomic E-state index is 12.2. The van der Waals surface area contributed by atoms with Crippen LogP contribution in [0.25, 0.3) is 10.6 Å². The van der Waals surface area contributed by atoms with E-state index in [1.165, 1.54) is 0 Å². The van der Waals surface area contributed by atoms with Gasteiger partial charge in [-0.2, -0.15) is 0 Å². The van der Waals surface area contributed by atoms with Gasteiger partial charge in [0.05, 0.1) is 12.1 Å². The first-order chi connectivity index (χ1) is 11.1. The fourth-order valence-electron chi connectivity index (χ4n) is 2.11. The molecule has 116 valence electrons. The molecule has 0 saturated carbocycles. The number of pyridine rings is 1. The van der Waals surface area contributed by atoms with Crippen LogP contribution >= 0.6 is 27.3 Å². The van der Waals surface area contributed by atoms with Crippen LogP contribution in [-0.2, 0) is 11.2 Å². The number of aromatic nitrogens is 2. The molecule has 6 heteroatoms. The molecule has 0 unspecified atom stereocenters. The molecule has 2 aromatic heterocycles. The maximum Gasteiger partial charge on any atom is 0.231 e. The first-order valence-corrected chi connectivity index (χ1v) is 8.71. The molecule has 0 spiro atoms. The number of rotatable bonds is 4. The van der Waals surface area contributed by atoms with E-state index >= 15 is 0 Å². The lowest BCUT2D eigenvalue weighted by molar-refractivity contribution is -0.115. The number of thiazole rings is 1. The molecular weight excluding hydrogens is 374 g/mol. The van der Waals surface area contributed by atoms with E-state index in [-0.39, 0.29) is 12.3 Å². The highest BCUT2D eigenvalue weighted by Gasteiger charge is 2.11. The quantitative estimate of drug-likeness (QED) is 0.718. The van der Waals surface area contributed by atoms with E-state index in [0.29, 0.717) is 5.82 Å². The maximum atomic E-state index is 12.2. The first-order valence-electron chi connectivity index (χ1n) is 7.03. The van der Waals surface area contributed by atoms with Gasteiger partial charge in [-0.3, -0.25) is 4.79 Å². The SMILES string of the molecule is Cc1cc(Br)cnc1NC(=O)Cc1csc(-c2ccccc2)n1. The summed E-state index contributed by atoms with van der Waals surface area (Å²) in [4.78, 5) is 20.9. The lowest BCUT2D eigenvalue weighted by Gasteiger charge is -2.06. The number of hydrogen-bond acceptors (Lipinski definition) is 4. The Labute approximate surface area is 146 Å². The summed E-state index contributed by atoms with van der Waals surface area (Å²) in [5.41, 5.74) is 2.74. The van der Waals surface area contributed by atoms with E-state index in [4.69, 9.17) is 0 Å². The first kappa shape index (κ1) is 15.8. The topological polar surface area (TPSA) is 54.9 Å². The molecule has 0 aliphatic rings. The highest BCUT2D eigenvalue weighted by molar-refractivity contribution is 9.10. The smallest absolute Gasteiger partial charge is 0.231 e. The van der Waals surface area contributed by atoms with E-state index in [1.54, 1.807) is 17.5 Å². The van der Waals surface area contributed by atoms with Crippen molar-refractivity contribution in [2.75, 3.05) is 5.32 Å². The van der Waals surface area contributed by atoms with Crippen molar-refractivity contribution in [3.05, 3.63) is 63.7 Å². The van der Waals surface area contributed by atoms with Crippen LogP contribution in [0.3, 0.4) is 0 Å². The monoisotopic (exact) mass is 387 g/mol. The largest absolute Gasteiger partial charge is 0.310 e. The minimum atomic E-state index is -0.118. The van der Waals surface area contributed by atoms with Crippen LogP contribution in [-0.4, -0.2) is 15.9 Å². The van der Waals surface area contributed by atoms with Crippen LogP contribution in [0.15, 0.2) is 52.4 Å². The van der Waals surface area contributed by atoms with Gasteiger partial charge >= 0.3 is 0 Å². The third-order valence-corrected chi connectivity index (χ3v) is 4.59. The van der Waals surface area contributed by atoms with Crippen molar-refractivity contribution < 1.29 is 4.79 Å². The van der Waals surface area contributed by atoms with Crippen LogP contribution in [0.1, 0.15) is 11.3 Å². The lowest BCUT2D eigenvalue weighted by Crippen LogP contribution is -2.16. The molecule has 3 aromatic rings. The van der Waals surface area contributed by atoms with Crippen LogP contribution in [0, 0.1) is 6.92 Å². The Kier molecular flexibility index (Phi) is 4.83. The number of halogens is 1. The fraction of sp³-hybridized carbons (Fsp3) is 0.118. The summed E-state index contributed by atoms with van der Waals surface area (Å²) in [7, 11) is 0. The Bertz CT molecular complexity index is 833. The summed E-state index contributed by atoms with van der Waals surface area (Å²) >= 11 is 4.90. The summed E-state index contributed by atoms with van der Waals surface area (Å²) in [6.45, 7) is 1.91. The Morgan fingerprint density at radius 3 is 2.83 bits per heavy atom. The summed E-state index contributed by atoms with van der Waals surface area (Å²) in [6, 6.07) is 11.9. The number of amides is 1. The zero-order valence-corrected chi connectivity index (χ0v) is 14.8. The predicted octanol–water partition coefficient (Wildman–Crippen LogP) is 4.46. The standard InChI is InChI=1S/C17H14BrN3OS/c1-11-7-13(18)9-19-16(11)21-15(22)8-14-10-23-17(20-14)12-5-3-2-4-6-12/h2-7,9-10H,8H2,1H3,(H,19,21,22). The van der Waals surface area contributed by atoms with Gasteiger partial charge in [-0.05, 0) is 34.5 Å². The number of nitrogens with one attached hydrogen (secondary N) is 1. The molecule has 4 nitrogen and oxygen atoms in total. The van der Waals surface area contributed by atoms with Crippen molar-refractivity contribution in [2.45, 2.75) is 13.3 Å². The van der Waals surface area contributed by atoms with Crippen molar-refractivity contribution in [1.82, 2.24) is 9.97 Å².